The molecule has 0 aliphatic carbocycles. The van der Waals surface area contributed by atoms with Crippen LogP contribution in [0.5, 0.6) is 0 Å². The number of anilines is 1. The Morgan fingerprint density at radius 3 is 2.80 bits per heavy atom. The molecule has 25 heavy (non-hydrogen) atoms. The molecule has 6 nitrogen and oxygen atoms in total. The molecule has 1 heterocycles. The van der Waals surface area contributed by atoms with Gasteiger partial charge in [-0.3, -0.25) is 14.7 Å². The zero-order valence-corrected chi connectivity index (χ0v) is 14.8. The highest BCUT2D eigenvalue weighted by Crippen LogP contribution is 2.24. The Hall–Kier alpha value is -2.80. The first-order valence-corrected chi connectivity index (χ1v) is 8.93. The van der Waals surface area contributed by atoms with Crippen molar-refractivity contribution in [2.45, 2.75) is 4.90 Å². The van der Waals surface area contributed by atoms with Crippen LogP contribution in [0.3, 0.4) is 0 Å². The van der Waals surface area contributed by atoms with E-state index in [2.05, 4.69) is 15.5 Å². The Morgan fingerprint density at radius 2 is 2.00 bits per heavy atom. The molecule has 0 aliphatic heterocycles. The second-order valence-electron chi connectivity index (χ2n) is 5.55. The van der Waals surface area contributed by atoms with Crippen LogP contribution in [0.2, 0.25) is 0 Å². The molecule has 0 saturated heterocycles. The number of aromatic amines is 1. The zero-order valence-electron chi connectivity index (χ0n) is 13.9. The number of aromatic nitrogens is 2. The number of amides is 2. The highest BCUT2D eigenvalue weighted by molar-refractivity contribution is 7.98. The summed E-state index contributed by atoms with van der Waals surface area (Å²) in [6.07, 6.45) is 3.61. The second-order valence-corrected chi connectivity index (χ2v) is 6.40. The summed E-state index contributed by atoms with van der Waals surface area (Å²) in [5.74, 6) is -0.475. The summed E-state index contributed by atoms with van der Waals surface area (Å²) in [6.45, 7) is -0.0356. The quantitative estimate of drug-likeness (QED) is 0.691. The van der Waals surface area contributed by atoms with Crippen LogP contribution in [-0.4, -0.2) is 46.8 Å². The van der Waals surface area contributed by atoms with Crippen molar-refractivity contribution >= 4 is 40.2 Å². The number of nitrogens with zero attached hydrogens (tertiary/aromatic N) is 2. The van der Waals surface area contributed by atoms with Crippen molar-refractivity contribution in [3.05, 3.63) is 54.2 Å². The van der Waals surface area contributed by atoms with Crippen molar-refractivity contribution in [3.8, 4) is 0 Å². The van der Waals surface area contributed by atoms with E-state index in [0.717, 1.165) is 16.0 Å². The normalized spacial score (nSPS) is 10.6. The number of thioether (sulfide) groups is 1. The standard InChI is InChI=1S/C18H18N4O2S/c1-22(11-16(23)20-14-8-3-4-9-15(14)25-2)18(24)13-7-5-6-12-10-19-21-17(12)13/h3-10H,11H2,1-2H3,(H,19,21)(H,20,23). The fourth-order valence-corrected chi connectivity index (χ4v) is 3.13. The van der Waals surface area contributed by atoms with Gasteiger partial charge in [-0.05, 0) is 24.5 Å². The van der Waals surface area contributed by atoms with Gasteiger partial charge in [-0.25, -0.2) is 0 Å². The molecule has 1 aromatic heterocycles. The Balaban J connectivity index is 1.71. The first-order chi connectivity index (χ1) is 12.1. The van der Waals surface area contributed by atoms with Crippen molar-refractivity contribution < 1.29 is 9.59 Å². The van der Waals surface area contributed by atoms with E-state index in [-0.39, 0.29) is 18.4 Å². The third kappa shape index (κ3) is 3.66. The number of para-hydroxylation sites is 2. The lowest BCUT2D eigenvalue weighted by molar-refractivity contribution is -0.116. The molecule has 0 bridgehead atoms. The first kappa shape index (κ1) is 17.0. The van der Waals surface area contributed by atoms with Crippen molar-refractivity contribution in [2.24, 2.45) is 0 Å². The summed E-state index contributed by atoms with van der Waals surface area (Å²) in [4.78, 5) is 27.3. The van der Waals surface area contributed by atoms with E-state index in [1.54, 1.807) is 37.1 Å². The molecule has 7 heteroatoms. The maximum Gasteiger partial charge on any atom is 0.256 e. The average molecular weight is 354 g/mol. The van der Waals surface area contributed by atoms with Crippen LogP contribution >= 0.6 is 11.8 Å². The van der Waals surface area contributed by atoms with Gasteiger partial charge in [0.1, 0.15) is 0 Å². The monoisotopic (exact) mass is 354 g/mol. The van der Waals surface area contributed by atoms with Crippen LogP contribution in [0, 0.1) is 0 Å². The van der Waals surface area contributed by atoms with Crippen molar-refractivity contribution in [2.75, 3.05) is 25.2 Å². The van der Waals surface area contributed by atoms with E-state index in [1.165, 1.54) is 4.90 Å². The zero-order chi connectivity index (χ0) is 17.8. The molecule has 2 amide bonds. The molecule has 2 N–H and O–H groups in total. The van der Waals surface area contributed by atoms with Crippen LogP contribution < -0.4 is 5.32 Å². The third-order valence-corrected chi connectivity index (χ3v) is 4.61. The van der Waals surface area contributed by atoms with Crippen molar-refractivity contribution in [3.63, 3.8) is 0 Å². The summed E-state index contributed by atoms with van der Waals surface area (Å²) in [6, 6.07) is 13.0. The van der Waals surface area contributed by atoms with E-state index in [4.69, 9.17) is 0 Å². The SMILES string of the molecule is CSc1ccccc1NC(=O)CN(C)C(=O)c1cccc2cn[nH]c12. The number of fused-ring (bicyclic) bond motifs is 1. The number of hydrogen-bond acceptors (Lipinski definition) is 4. The Bertz CT molecular complexity index is 922. The van der Waals surface area contributed by atoms with Crippen LogP contribution in [-0.2, 0) is 4.79 Å². The van der Waals surface area contributed by atoms with E-state index in [9.17, 15) is 9.59 Å². The lowest BCUT2D eigenvalue weighted by Crippen LogP contribution is -2.35. The number of benzene rings is 2. The van der Waals surface area contributed by atoms with E-state index in [1.807, 2.05) is 36.6 Å². The van der Waals surface area contributed by atoms with E-state index < -0.39 is 0 Å². The van der Waals surface area contributed by atoms with Gasteiger partial charge in [-0.15, -0.1) is 11.8 Å². The Labute approximate surface area is 149 Å². The summed E-state index contributed by atoms with van der Waals surface area (Å²) in [5, 5.41) is 10.5. The third-order valence-electron chi connectivity index (χ3n) is 3.82. The molecule has 3 rings (SSSR count). The molecule has 128 valence electrons. The highest BCUT2D eigenvalue weighted by Gasteiger charge is 2.18. The Kier molecular flexibility index (Phi) is 5.04. The van der Waals surface area contributed by atoms with E-state index >= 15 is 0 Å². The van der Waals surface area contributed by atoms with Gasteiger partial charge >= 0.3 is 0 Å². The number of rotatable bonds is 5. The molecule has 0 atom stereocenters. The van der Waals surface area contributed by atoms with Gasteiger partial charge in [0.2, 0.25) is 5.91 Å². The van der Waals surface area contributed by atoms with Crippen LogP contribution in [0.25, 0.3) is 10.9 Å². The summed E-state index contributed by atoms with van der Waals surface area (Å²) < 4.78 is 0. The molecule has 3 aromatic rings. The minimum absolute atomic E-state index is 0.0356. The smallest absolute Gasteiger partial charge is 0.256 e. The van der Waals surface area contributed by atoms with Crippen molar-refractivity contribution in [1.29, 1.82) is 0 Å². The fraction of sp³-hybridized carbons (Fsp3) is 0.167. The van der Waals surface area contributed by atoms with Crippen LogP contribution in [0.4, 0.5) is 5.69 Å². The Morgan fingerprint density at radius 1 is 1.20 bits per heavy atom. The molecule has 0 aliphatic rings. The molecule has 0 fully saturated rings. The van der Waals surface area contributed by atoms with Gasteiger partial charge in [-0.2, -0.15) is 5.10 Å². The van der Waals surface area contributed by atoms with Gasteiger partial charge in [0, 0.05) is 17.3 Å². The fourth-order valence-electron chi connectivity index (χ4n) is 2.58. The summed E-state index contributed by atoms with van der Waals surface area (Å²) >= 11 is 1.56. The number of likely N-dealkylation sites (N-methyl/N-ethyl adjacent to an activating group) is 1. The molecule has 0 radical (unpaired) electrons. The number of hydrogen-bond donors (Lipinski definition) is 2. The number of H-pyrrole nitrogens is 1. The topological polar surface area (TPSA) is 78.1 Å². The molecule has 2 aromatic carbocycles. The molecular formula is C18H18N4O2S. The molecule has 0 unspecified atom stereocenters. The maximum absolute atomic E-state index is 12.7. The van der Waals surface area contributed by atoms with Gasteiger partial charge in [-0.1, -0.05) is 24.3 Å². The maximum atomic E-state index is 12.7. The van der Waals surface area contributed by atoms with Gasteiger partial charge in [0.15, 0.2) is 0 Å². The minimum atomic E-state index is -0.242. The lowest BCUT2D eigenvalue weighted by atomic mass is 10.1. The van der Waals surface area contributed by atoms with Gasteiger partial charge < -0.3 is 10.2 Å². The summed E-state index contributed by atoms with van der Waals surface area (Å²) in [7, 11) is 1.61. The molecule has 0 saturated carbocycles. The number of carbonyl (C=O) groups excluding carboxylic acids is 2. The highest BCUT2D eigenvalue weighted by atomic mass is 32.2. The predicted molar refractivity (Wildman–Crippen MR) is 99.9 cm³/mol. The number of carbonyl (C=O) groups is 2. The van der Waals surface area contributed by atoms with Gasteiger partial charge in [0.25, 0.3) is 5.91 Å². The van der Waals surface area contributed by atoms with Crippen LogP contribution in [0.1, 0.15) is 10.4 Å². The van der Waals surface area contributed by atoms with E-state index in [0.29, 0.717) is 11.1 Å². The van der Waals surface area contributed by atoms with Crippen molar-refractivity contribution in [1.82, 2.24) is 15.1 Å². The number of nitrogens with one attached hydrogen (secondary N) is 2. The predicted octanol–water partition coefficient (Wildman–Crippen LogP) is 3.00. The molecule has 0 spiro atoms. The largest absolute Gasteiger partial charge is 0.332 e. The van der Waals surface area contributed by atoms with Gasteiger partial charge in [0.05, 0.1) is 29.5 Å². The van der Waals surface area contributed by atoms with Crippen LogP contribution in [0.15, 0.2) is 53.6 Å². The minimum Gasteiger partial charge on any atom is -0.332 e. The second kappa shape index (κ2) is 7.40. The molecular weight excluding hydrogens is 336 g/mol. The average Bonchev–Trinajstić information content (AvgIpc) is 3.10. The lowest BCUT2D eigenvalue weighted by Gasteiger charge is -2.18. The first-order valence-electron chi connectivity index (χ1n) is 7.70. The summed E-state index contributed by atoms with van der Waals surface area (Å²) in [5.41, 5.74) is 1.92.